The largest absolute Gasteiger partial charge is 0.480 e. The predicted molar refractivity (Wildman–Crippen MR) is 74.4 cm³/mol. The first-order valence-corrected chi connectivity index (χ1v) is 6.39. The van der Waals surface area contributed by atoms with Crippen molar-refractivity contribution < 1.29 is 9.90 Å². The van der Waals surface area contributed by atoms with Crippen LogP contribution in [-0.2, 0) is 17.8 Å². The normalized spacial score (nSPS) is 12.3. The van der Waals surface area contributed by atoms with Crippen LogP contribution in [0.2, 0.25) is 0 Å². The molecule has 1 aromatic heterocycles. The number of hydrogen-bond acceptors (Lipinski definition) is 4. The van der Waals surface area contributed by atoms with Crippen molar-refractivity contribution in [3.05, 3.63) is 46.8 Å². The molecule has 106 valence electrons. The second-order valence-corrected chi connectivity index (χ2v) is 4.99. The molecule has 0 amide bonds. The third-order valence-electron chi connectivity index (χ3n) is 3.17. The molecule has 0 aliphatic carbocycles. The molecule has 1 unspecified atom stereocenters. The van der Waals surface area contributed by atoms with Gasteiger partial charge in [-0.2, -0.15) is 0 Å². The molecule has 0 aliphatic rings. The van der Waals surface area contributed by atoms with Crippen molar-refractivity contribution in [3.8, 4) is 0 Å². The highest BCUT2D eigenvalue weighted by atomic mass is 16.4. The van der Waals surface area contributed by atoms with Crippen LogP contribution in [0, 0.1) is 13.8 Å². The van der Waals surface area contributed by atoms with E-state index in [1.807, 2.05) is 13.8 Å². The van der Waals surface area contributed by atoms with Crippen molar-refractivity contribution in [2.45, 2.75) is 32.9 Å². The Morgan fingerprint density at radius 2 is 2.20 bits per heavy atom. The number of benzene rings is 1. The lowest BCUT2D eigenvalue weighted by Crippen LogP contribution is -2.32. The number of aliphatic carboxylic acids is 1. The molecule has 3 N–H and O–H groups in total. The zero-order valence-electron chi connectivity index (χ0n) is 11.6. The minimum absolute atomic E-state index is 0.183. The maximum absolute atomic E-state index is 10.7. The molecule has 0 aliphatic heterocycles. The zero-order valence-corrected chi connectivity index (χ0v) is 11.6. The van der Waals surface area contributed by atoms with Gasteiger partial charge in [0.05, 0.1) is 12.2 Å². The van der Waals surface area contributed by atoms with E-state index in [0.717, 1.165) is 0 Å². The van der Waals surface area contributed by atoms with Gasteiger partial charge in [0.1, 0.15) is 6.04 Å². The van der Waals surface area contributed by atoms with Crippen LogP contribution in [0.3, 0.4) is 0 Å². The summed E-state index contributed by atoms with van der Waals surface area (Å²) in [5, 5.41) is 16.7. The number of carbonyl (C=O) groups is 1. The summed E-state index contributed by atoms with van der Waals surface area (Å²) >= 11 is 0. The summed E-state index contributed by atoms with van der Waals surface area (Å²) in [6.45, 7) is 4.71. The number of nitrogens with two attached hydrogens (primary N) is 1. The molecule has 2 aromatic rings. The van der Waals surface area contributed by atoms with E-state index in [2.05, 4.69) is 28.5 Å². The van der Waals surface area contributed by atoms with Gasteiger partial charge in [-0.3, -0.25) is 4.79 Å². The highest BCUT2D eigenvalue weighted by Gasteiger charge is 2.14. The Morgan fingerprint density at radius 1 is 1.45 bits per heavy atom. The average molecular weight is 274 g/mol. The Morgan fingerprint density at radius 3 is 2.90 bits per heavy atom. The smallest absolute Gasteiger partial charge is 0.320 e. The van der Waals surface area contributed by atoms with Crippen LogP contribution in [0.1, 0.15) is 22.4 Å². The Bertz CT molecular complexity index is 621. The van der Waals surface area contributed by atoms with Gasteiger partial charge in [0.15, 0.2) is 0 Å². The summed E-state index contributed by atoms with van der Waals surface area (Å²) in [6.07, 6.45) is 1.92. The second kappa shape index (κ2) is 5.83. The van der Waals surface area contributed by atoms with Gasteiger partial charge < -0.3 is 10.8 Å². The van der Waals surface area contributed by atoms with Crippen LogP contribution < -0.4 is 5.73 Å². The molecule has 20 heavy (non-hydrogen) atoms. The molecule has 0 spiro atoms. The second-order valence-electron chi connectivity index (χ2n) is 4.99. The summed E-state index contributed by atoms with van der Waals surface area (Å²) in [4.78, 5) is 10.7. The molecule has 0 saturated heterocycles. The molecular weight excluding hydrogens is 256 g/mol. The van der Waals surface area contributed by atoms with Crippen LogP contribution >= 0.6 is 0 Å². The molecule has 0 bridgehead atoms. The standard InChI is InChI=1S/C14H18N4O2/c1-9-3-4-10(2)11(5-9)7-18-8-12(16-17-18)6-13(15)14(19)20/h3-5,8,13H,6-7,15H2,1-2H3,(H,19,20). The molecule has 0 fully saturated rings. The lowest BCUT2D eigenvalue weighted by molar-refractivity contribution is -0.138. The summed E-state index contributed by atoms with van der Waals surface area (Å²) in [7, 11) is 0. The summed E-state index contributed by atoms with van der Waals surface area (Å²) in [5.41, 5.74) is 9.62. The van der Waals surface area contributed by atoms with E-state index in [9.17, 15) is 4.79 Å². The average Bonchev–Trinajstić information content (AvgIpc) is 2.81. The molecule has 6 nitrogen and oxygen atoms in total. The van der Waals surface area contributed by atoms with E-state index in [4.69, 9.17) is 10.8 Å². The first-order chi connectivity index (χ1) is 9.45. The minimum Gasteiger partial charge on any atom is -0.480 e. The van der Waals surface area contributed by atoms with Gasteiger partial charge in [-0.1, -0.05) is 29.0 Å². The van der Waals surface area contributed by atoms with Crippen molar-refractivity contribution in [2.24, 2.45) is 5.73 Å². The van der Waals surface area contributed by atoms with Crippen molar-refractivity contribution in [2.75, 3.05) is 0 Å². The number of carboxylic acid groups (broad SMARTS) is 1. The summed E-state index contributed by atoms with van der Waals surface area (Å²) in [5.74, 6) is -1.03. The van der Waals surface area contributed by atoms with E-state index in [0.29, 0.717) is 12.2 Å². The maximum atomic E-state index is 10.7. The third-order valence-corrected chi connectivity index (χ3v) is 3.17. The highest BCUT2D eigenvalue weighted by Crippen LogP contribution is 2.12. The SMILES string of the molecule is Cc1ccc(C)c(Cn2cc(CC(N)C(=O)O)nn2)c1. The highest BCUT2D eigenvalue weighted by molar-refractivity contribution is 5.73. The van der Waals surface area contributed by atoms with Crippen LogP contribution in [-0.4, -0.2) is 32.1 Å². The molecule has 2 rings (SSSR count). The Labute approximate surface area is 117 Å². The fourth-order valence-electron chi connectivity index (χ4n) is 1.97. The van der Waals surface area contributed by atoms with Gasteiger partial charge >= 0.3 is 5.97 Å². The predicted octanol–water partition coefficient (Wildman–Crippen LogP) is 0.898. The fourth-order valence-corrected chi connectivity index (χ4v) is 1.97. The molecule has 1 atom stereocenters. The van der Waals surface area contributed by atoms with Crippen LogP contribution in [0.4, 0.5) is 0 Å². The molecule has 6 heteroatoms. The Balaban J connectivity index is 2.09. The van der Waals surface area contributed by atoms with Crippen molar-refractivity contribution in [1.82, 2.24) is 15.0 Å². The number of aryl methyl sites for hydroxylation is 2. The Hall–Kier alpha value is -2.21. The lowest BCUT2D eigenvalue weighted by Gasteiger charge is -2.06. The molecule has 0 saturated carbocycles. The van der Waals surface area contributed by atoms with Crippen LogP contribution in [0.15, 0.2) is 24.4 Å². The van der Waals surface area contributed by atoms with Gasteiger partial charge in [0.25, 0.3) is 0 Å². The quantitative estimate of drug-likeness (QED) is 0.844. The van der Waals surface area contributed by atoms with E-state index in [1.165, 1.54) is 16.7 Å². The van der Waals surface area contributed by atoms with Crippen molar-refractivity contribution >= 4 is 5.97 Å². The number of nitrogens with zero attached hydrogens (tertiary/aromatic N) is 3. The summed E-state index contributed by atoms with van der Waals surface area (Å²) < 4.78 is 1.70. The van der Waals surface area contributed by atoms with Crippen LogP contribution in [0.5, 0.6) is 0 Å². The number of rotatable bonds is 5. The third kappa shape index (κ3) is 3.42. The topological polar surface area (TPSA) is 94.0 Å². The number of carboxylic acids is 1. The lowest BCUT2D eigenvalue weighted by atomic mass is 10.1. The maximum Gasteiger partial charge on any atom is 0.320 e. The van der Waals surface area contributed by atoms with E-state index < -0.39 is 12.0 Å². The minimum atomic E-state index is -1.03. The Kier molecular flexibility index (Phi) is 4.14. The monoisotopic (exact) mass is 274 g/mol. The molecule has 1 aromatic carbocycles. The van der Waals surface area contributed by atoms with Gasteiger partial charge in [-0.25, -0.2) is 4.68 Å². The fraction of sp³-hybridized carbons (Fsp3) is 0.357. The van der Waals surface area contributed by atoms with E-state index in [1.54, 1.807) is 10.9 Å². The zero-order chi connectivity index (χ0) is 14.7. The number of hydrogen-bond donors (Lipinski definition) is 2. The first-order valence-electron chi connectivity index (χ1n) is 6.39. The number of aromatic nitrogens is 3. The van der Waals surface area contributed by atoms with Gasteiger partial charge in [0.2, 0.25) is 0 Å². The van der Waals surface area contributed by atoms with Crippen LogP contribution in [0.25, 0.3) is 0 Å². The van der Waals surface area contributed by atoms with E-state index in [-0.39, 0.29) is 6.42 Å². The van der Waals surface area contributed by atoms with E-state index >= 15 is 0 Å². The molecule has 0 radical (unpaired) electrons. The van der Waals surface area contributed by atoms with Gasteiger partial charge in [-0.15, -0.1) is 5.10 Å². The van der Waals surface area contributed by atoms with Gasteiger partial charge in [0, 0.05) is 12.6 Å². The summed E-state index contributed by atoms with van der Waals surface area (Å²) in [6, 6.07) is 5.31. The molecular formula is C14H18N4O2. The van der Waals surface area contributed by atoms with Crippen molar-refractivity contribution in [1.29, 1.82) is 0 Å². The van der Waals surface area contributed by atoms with Crippen molar-refractivity contribution in [3.63, 3.8) is 0 Å². The first kappa shape index (κ1) is 14.2. The van der Waals surface area contributed by atoms with Gasteiger partial charge in [-0.05, 0) is 25.0 Å². The molecule has 1 heterocycles.